The van der Waals surface area contributed by atoms with Crippen LogP contribution in [0.25, 0.3) is 0 Å². The number of rotatable bonds is 6. The molecule has 1 N–H and O–H groups in total. The van der Waals surface area contributed by atoms with Crippen molar-refractivity contribution < 1.29 is 4.79 Å². The second kappa shape index (κ2) is 7.39. The van der Waals surface area contributed by atoms with Crippen LogP contribution in [0.3, 0.4) is 0 Å². The molecule has 0 unspecified atom stereocenters. The Kier molecular flexibility index (Phi) is 5.22. The van der Waals surface area contributed by atoms with Crippen LogP contribution >= 0.6 is 0 Å². The van der Waals surface area contributed by atoms with Crippen LogP contribution in [0.5, 0.6) is 0 Å². The van der Waals surface area contributed by atoms with Gasteiger partial charge in [-0.15, -0.1) is 0 Å². The fraction of sp³-hybridized carbons (Fsp3) is 0.611. The number of nitrogens with zero attached hydrogens (tertiary/aromatic N) is 5. The first-order valence-corrected chi connectivity index (χ1v) is 9.05. The molecule has 2 atom stereocenters. The van der Waals surface area contributed by atoms with Gasteiger partial charge in [0.15, 0.2) is 0 Å². The SMILES string of the molecule is Cc1cnn(C[C@@H]2CCCN2[C@@H](C)C(=O)Nc2ccnn2C(C)C)c1. The molecule has 3 heterocycles. The average Bonchev–Trinajstić information content (AvgIpc) is 3.28. The molecule has 0 radical (unpaired) electrons. The second-order valence-corrected chi connectivity index (χ2v) is 7.19. The zero-order valence-corrected chi connectivity index (χ0v) is 15.5. The molecule has 1 aliphatic heterocycles. The Morgan fingerprint density at radius 2 is 2.16 bits per heavy atom. The van der Waals surface area contributed by atoms with Crippen molar-refractivity contribution in [3.63, 3.8) is 0 Å². The lowest BCUT2D eigenvalue weighted by Gasteiger charge is -2.30. The van der Waals surface area contributed by atoms with Gasteiger partial charge < -0.3 is 5.32 Å². The number of carbonyl (C=O) groups excluding carboxylic acids is 1. The minimum atomic E-state index is -0.181. The van der Waals surface area contributed by atoms with E-state index in [2.05, 4.69) is 40.5 Å². The average molecular weight is 344 g/mol. The lowest BCUT2D eigenvalue weighted by Crippen LogP contribution is -2.46. The summed E-state index contributed by atoms with van der Waals surface area (Å²) in [7, 11) is 0. The van der Waals surface area contributed by atoms with E-state index >= 15 is 0 Å². The molecule has 1 aliphatic rings. The van der Waals surface area contributed by atoms with Crippen LogP contribution in [-0.4, -0.2) is 49.0 Å². The topological polar surface area (TPSA) is 68.0 Å². The molecule has 2 aromatic heterocycles. The first kappa shape index (κ1) is 17.7. The molecular formula is C18H28N6O. The van der Waals surface area contributed by atoms with E-state index in [1.165, 1.54) is 0 Å². The first-order chi connectivity index (χ1) is 12.0. The molecule has 2 aromatic rings. The third-order valence-electron chi connectivity index (χ3n) is 4.87. The summed E-state index contributed by atoms with van der Waals surface area (Å²) in [5, 5.41) is 11.7. The third-order valence-corrected chi connectivity index (χ3v) is 4.87. The van der Waals surface area contributed by atoms with Crippen molar-refractivity contribution in [3.8, 4) is 0 Å². The van der Waals surface area contributed by atoms with Gasteiger partial charge in [-0.05, 0) is 52.6 Å². The summed E-state index contributed by atoms with van der Waals surface area (Å²) in [4.78, 5) is 15.1. The molecule has 136 valence electrons. The van der Waals surface area contributed by atoms with Crippen LogP contribution in [0.2, 0.25) is 0 Å². The molecule has 1 amide bonds. The zero-order valence-electron chi connectivity index (χ0n) is 15.5. The Morgan fingerprint density at radius 3 is 2.84 bits per heavy atom. The lowest BCUT2D eigenvalue weighted by molar-refractivity contribution is -0.121. The quantitative estimate of drug-likeness (QED) is 0.874. The zero-order chi connectivity index (χ0) is 18.0. The van der Waals surface area contributed by atoms with Crippen molar-refractivity contribution in [1.82, 2.24) is 24.5 Å². The molecular weight excluding hydrogens is 316 g/mol. The summed E-state index contributed by atoms with van der Waals surface area (Å²) in [5.74, 6) is 0.774. The maximum Gasteiger partial charge on any atom is 0.242 e. The minimum absolute atomic E-state index is 0.0194. The normalized spacial score (nSPS) is 19.5. The number of anilines is 1. The number of hydrogen-bond acceptors (Lipinski definition) is 4. The van der Waals surface area contributed by atoms with Crippen molar-refractivity contribution in [2.75, 3.05) is 11.9 Å². The van der Waals surface area contributed by atoms with Crippen LogP contribution in [0.1, 0.15) is 45.2 Å². The largest absolute Gasteiger partial charge is 0.310 e. The number of amides is 1. The third kappa shape index (κ3) is 3.92. The van der Waals surface area contributed by atoms with Crippen LogP contribution in [0.15, 0.2) is 24.7 Å². The number of hydrogen-bond donors (Lipinski definition) is 1. The second-order valence-electron chi connectivity index (χ2n) is 7.19. The van der Waals surface area contributed by atoms with Gasteiger partial charge in [0, 0.05) is 24.3 Å². The highest BCUT2D eigenvalue weighted by molar-refractivity contribution is 5.93. The van der Waals surface area contributed by atoms with Gasteiger partial charge in [0.25, 0.3) is 0 Å². The van der Waals surface area contributed by atoms with Crippen LogP contribution in [-0.2, 0) is 11.3 Å². The maximum atomic E-state index is 12.8. The number of likely N-dealkylation sites (tertiary alicyclic amines) is 1. The summed E-state index contributed by atoms with van der Waals surface area (Å²) in [6.07, 6.45) is 7.87. The van der Waals surface area contributed by atoms with Gasteiger partial charge in [-0.3, -0.25) is 14.4 Å². The van der Waals surface area contributed by atoms with Gasteiger partial charge in [0.05, 0.1) is 25.0 Å². The molecule has 1 saturated heterocycles. The summed E-state index contributed by atoms with van der Waals surface area (Å²) in [6.45, 7) is 9.91. The van der Waals surface area contributed by atoms with E-state index in [4.69, 9.17) is 0 Å². The highest BCUT2D eigenvalue weighted by Crippen LogP contribution is 2.23. The van der Waals surface area contributed by atoms with Crippen molar-refractivity contribution in [2.24, 2.45) is 0 Å². The fourth-order valence-corrected chi connectivity index (χ4v) is 3.55. The van der Waals surface area contributed by atoms with E-state index < -0.39 is 0 Å². The summed E-state index contributed by atoms with van der Waals surface area (Å²) in [6, 6.07) is 2.22. The highest BCUT2D eigenvalue weighted by Gasteiger charge is 2.32. The van der Waals surface area contributed by atoms with E-state index in [1.807, 2.05) is 35.5 Å². The van der Waals surface area contributed by atoms with Crippen molar-refractivity contribution in [1.29, 1.82) is 0 Å². The van der Waals surface area contributed by atoms with Gasteiger partial charge >= 0.3 is 0 Å². The smallest absolute Gasteiger partial charge is 0.242 e. The van der Waals surface area contributed by atoms with E-state index in [1.54, 1.807) is 6.20 Å². The van der Waals surface area contributed by atoms with Crippen molar-refractivity contribution in [2.45, 2.75) is 65.2 Å². The Balaban J connectivity index is 1.65. The van der Waals surface area contributed by atoms with Crippen LogP contribution in [0, 0.1) is 6.92 Å². The number of nitrogens with one attached hydrogen (secondary N) is 1. The van der Waals surface area contributed by atoms with Gasteiger partial charge in [-0.1, -0.05) is 0 Å². The molecule has 7 heteroatoms. The summed E-state index contributed by atoms with van der Waals surface area (Å²) in [5.41, 5.74) is 1.16. The molecule has 0 spiro atoms. The van der Waals surface area contributed by atoms with E-state index in [-0.39, 0.29) is 18.0 Å². The Hall–Kier alpha value is -2.15. The summed E-state index contributed by atoms with van der Waals surface area (Å²) < 4.78 is 3.81. The molecule has 0 aromatic carbocycles. The molecule has 0 aliphatic carbocycles. The number of aryl methyl sites for hydroxylation is 1. The Labute approximate surface area is 149 Å². The van der Waals surface area contributed by atoms with Crippen LogP contribution < -0.4 is 5.32 Å². The monoisotopic (exact) mass is 344 g/mol. The van der Waals surface area contributed by atoms with E-state index in [0.717, 1.165) is 37.3 Å². The molecule has 3 rings (SSSR count). The molecule has 1 fully saturated rings. The van der Waals surface area contributed by atoms with E-state index in [9.17, 15) is 4.79 Å². The first-order valence-electron chi connectivity index (χ1n) is 9.05. The standard InChI is InChI=1S/C18H28N6O/c1-13(2)24-17(7-8-19-24)21-18(25)15(4)23-9-5-6-16(23)12-22-11-14(3)10-20-22/h7-8,10-11,13,15-16H,5-6,9,12H2,1-4H3,(H,21,25)/t15-,16-/m0/s1. The molecule has 25 heavy (non-hydrogen) atoms. The Morgan fingerprint density at radius 1 is 1.36 bits per heavy atom. The maximum absolute atomic E-state index is 12.8. The number of carbonyl (C=O) groups is 1. The van der Waals surface area contributed by atoms with Gasteiger partial charge in [0.1, 0.15) is 5.82 Å². The Bertz CT molecular complexity index is 719. The van der Waals surface area contributed by atoms with E-state index in [0.29, 0.717) is 6.04 Å². The fourth-order valence-electron chi connectivity index (χ4n) is 3.55. The lowest BCUT2D eigenvalue weighted by atomic mass is 10.2. The van der Waals surface area contributed by atoms with Crippen molar-refractivity contribution in [3.05, 3.63) is 30.2 Å². The van der Waals surface area contributed by atoms with Gasteiger partial charge in [-0.25, -0.2) is 4.68 Å². The minimum Gasteiger partial charge on any atom is -0.310 e. The van der Waals surface area contributed by atoms with Crippen molar-refractivity contribution >= 4 is 11.7 Å². The predicted molar refractivity (Wildman–Crippen MR) is 97.4 cm³/mol. The molecule has 7 nitrogen and oxygen atoms in total. The number of aromatic nitrogens is 4. The van der Waals surface area contributed by atoms with Gasteiger partial charge in [0.2, 0.25) is 5.91 Å². The van der Waals surface area contributed by atoms with Crippen LogP contribution in [0.4, 0.5) is 5.82 Å². The van der Waals surface area contributed by atoms with Gasteiger partial charge in [-0.2, -0.15) is 10.2 Å². The molecule has 0 saturated carbocycles. The molecule has 0 bridgehead atoms. The predicted octanol–water partition coefficient (Wildman–Crippen LogP) is 2.46. The highest BCUT2D eigenvalue weighted by atomic mass is 16.2. The summed E-state index contributed by atoms with van der Waals surface area (Å²) >= 11 is 0.